The zero-order valence-electron chi connectivity index (χ0n) is 9.32. The first-order valence-electron chi connectivity index (χ1n) is 5.05. The van der Waals surface area contributed by atoms with Crippen molar-refractivity contribution < 1.29 is 19.1 Å². The molecule has 0 bridgehead atoms. The second-order valence-electron chi connectivity index (χ2n) is 3.59. The molecule has 1 heterocycles. The van der Waals surface area contributed by atoms with Gasteiger partial charge in [0.2, 0.25) is 0 Å². The summed E-state index contributed by atoms with van der Waals surface area (Å²) in [4.78, 5) is 10.7. The minimum atomic E-state index is -1.07. The van der Waals surface area contributed by atoms with Crippen LogP contribution in [-0.4, -0.2) is 11.1 Å². The van der Waals surface area contributed by atoms with Crippen molar-refractivity contribution in [2.75, 3.05) is 0 Å². The van der Waals surface area contributed by atoms with Gasteiger partial charge in [-0.3, -0.25) is 0 Å². The molecule has 0 spiro atoms. The second kappa shape index (κ2) is 5.74. The number of furan rings is 1. The maximum atomic E-state index is 10.7. The molecule has 0 aliphatic rings. The minimum Gasteiger partial charge on any atom is -0.483 e. The smallest absolute Gasteiger partial charge is 0.338 e. The maximum absolute atomic E-state index is 10.7. The molecule has 7 heteroatoms. The normalized spacial score (nSPS) is 10.5. The predicted octanol–water partition coefficient (Wildman–Crippen LogP) is 4.52. The Morgan fingerprint density at radius 3 is 2.37 bits per heavy atom. The Bertz CT molecular complexity index is 598. The number of carbonyl (C=O) groups is 1. The molecule has 0 aliphatic carbocycles. The molecule has 1 aromatic carbocycles. The van der Waals surface area contributed by atoms with E-state index >= 15 is 0 Å². The lowest BCUT2D eigenvalue weighted by atomic mass is 10.3. The second-order valence-corrected chi connectivity index (χ2v) is 4.84. The molecule has 0 amide bonds. The zero-order chi connectivity index (χ0) is 14.0. The summed E-state index contributed by atoms with van der Waals surface area (Å²) in [5.74, 6) is -0.460. The molecule has 0 unspecified atom stereocenters. The van der Waals surface area contributed by atoms with Crippen LogP contribution in [0.4, 0.5) is 0 Å². The lowest BCUT2D eigenvalue weighted by Gasteiger charge is -2.08. The third-order valence-electron chi connectivity index (χ3n) is 2.22. The van der Waals surface area contributed by atoms with E-state index in [9.17, 15) is 4.79 Å². The lowest BCUT2D eigenvalue weighted by Crippen LogP contribution is -1.96. The van der Waals surface area contributed by atoms with Crippen molar-refractivity contribution in [3.63, 3.8) is 0 Å². The molecule has 4 nitrogen and oxygen atoms in total. The molecule has 0 atom stereocenters. The van der Waals surface area contributed by atoms with Gasteiger partial charge < -0.3 is 14.3 Å². The van der Waals surface area contributed by atoms with Gasteiger partial charge in [0.05, 0.1) is 15.6 Å². The summed E-state index contributed by atoms with van der Waals surface area (Å²) in [6.45, 7) is 0.00829. The van der Waals surface area contributed by atoms with Crippen molar-refractivity contribution >= 4 is 40.8 Å². The molecule has 0 radical (unpaired) electrons. The van der Waals surface area contributed by atoms with Gasteiger partial charge >= 0.3 is 5.97 Å². The van der Waals surface area contributed by atoms with E-state index in [1.54, 1.807) is 0 Å². The molecule has 0 fully saturated rings. The first kappa shape index (κ1) is 14.1. The van der Waals surface area contributed by atoms with E-state index in [2.05, 4.69) is 0 Å². The van der Waals surface area contributed by atoms with Gasteiger partial charge in [-0.15, -0.1) is 0 Å². The number of carboxylic acids is 1. The maximum Gasteiger partial charge on any atom is 0.338 e. The first-order chi connectivity index (χ1) is 8.97. The zero-order valence-corrected chi connectivity index (χ0v) is 11.6. The molecule has 0 aliphatic heterocycles. The number of aromatic carboxylic acids is 1. The van der Waals surface area contributed by atoms with Crippen LogP contribution in [0.25, 0.3) is 0 Å². The Morgan fingerprint density at radius 2 is 1.84 bits per heavy atom. The Morgan fingerprint density at radius 1 is 1.21 bits per heavy atom. The van der Waals surface area contributed by atoms with Crippen LogP contribution in [0.1, 0.15) is 16.1 Å². The Kier molecular flexibility index (Phi) is 4.24. The van der Waals surface area contributed by atoms with Crippen LogP contribution in [0, 0.1) is 0 Å². The van der Waals surface area contributed by atoms with Crippen LogP contribution in [0.15, 0.2) is 28.9 Å². The fourth-order valence-corrected chi connectivity index (χ4v) is 2.30. The van der Waals surface area contributed by atoms with Gasteiger partial charge in [0.25, 0.3) is 0 Å². The molecule has 2 aromatic rings. The molecule has 1 N–H and O–H groups in total. The summed E-state index contributed by atoms with van der Waals surface area (Å²) in [6.07, 6.45) is 1.13. The summed E-state index contributed by atoms with van der Waals surface area (Å²) >= 11 is 17.6. The number of carboxylic acid groups (broad SMARTS) is 1. The van der Waals surface area contributed by atoms with Crippen LogP contribution in [0.3, 0.4) is 0 Å². The average molecular weight is 322 g/mol. The van der Waals surface area contributed by atoms with E-state index in [-0.39, 0.29) is 28.0 Å². The predicted molar refractivity (Wildman–Crippen MR) is 71.5 cm³/mol. The van der Waals surface area contributed by atoms with E-state index in [4.69, 9.17) is 49.1 Å². The average Bonchev–Trinajstić information content (AvgIpc) is 2.76. The van der Waals surface area contributed by atoms with Gasteiger partial charge in [0.15, 0.2) is 5.75 Å². The van der Waals surface area contributed by atoms with Crippen LogP contribution >= 0.6 is 34.8 Å². The number of rotatable bonds is 4. The first-order valence-corrected chi connectivity index (χ1v) is 6.19. The van der Waals surface area contributed by atoms with Gasteiger partial charge in [-0.25, -0.2) is 4.79 Å². The van der Waals surface area contributed by atoms with Crippen molar-refractivity contribution in [3.8, 4) is 5.75 Å². The van der Waals surface area contributed by atoms with Crippen LogP contribution in [0.5, 0.6) is 5.75 Å². The Labute approximate surface area is 123 Å². The van der Waals surface area contributed by atoms with Gasteiger partial charge in [0, 0.05) is 5.02 Å². The molecule has 2 rings (SSSR count). The minimum absolute atomic E-state index is 0.00829. The standard InChI is InChI=1S/C12H7Cl3O4/c13-7-2-9(14)11(10(15)3-7)19-5-8-1-6(4-18-8)12(16)17/h1-4H,5H2,(H,16,17). The van der Waals surface area contributed by atoms with Gasteiger partial charge in [-0.1, -0.05) is 34.8 Å². The van der Waals surface area contributed by atoms with Gasteiger partial charge in [-0.05, 0) is 18.2 Å². The van der Waals surface area contributed by atoms with Crippen molar-refractivity contribution in [2.24, 2.45) is 0 Å². The largest absolute Gasteiger partial charge is 0.483 e. The molecular formula is C12H7Cl3O4. The van der Waals surface area contributed by atoms with Crippen molar-refractivity contribution in [1.82, 2.24) is 0 Å². The van der Waals surface area contributed by atoms with E-state index in [0.29, 0.717) is 10.8 Å². The monoisotopic (exact) mass is 320 g/mol. The topological polar surface area (TPSA) is 59.7 Å². The third-order valence-corrected chi connectivity index (χ3v) is 3.00. The summed E-state index contributed by atoms with van der Waals surface area (Å²) < 4.78 is 10.4. The summed E-state index contributed by atoms with van der Waals surface area (Å²) in [7, 11) is 0. The van der Waals surface area contributed by atoms with E-state index in [0.717, 1.165) is 6.26 Å². The summed E-state index contributed by atoms with van der Waals surface area (Å²) in [5, 5.41) is 9.67. The van der Waals surface area contributed by atoms with Gasteiger partial charge in [-0.2, -0.15) is 0 Å². The number of ether oxygens (including phenoxy) is 1. The van der Waals surface area contributed by atoms with Crippen molar-refractivity contribution in [2.45, 2.75) is 6.61 Å². The fraction of sp³-hybridized carbons (Fsp3) is 0.0833. The Balaban J connectivity index is 2.12. The lowest BCUT2D eigenvalue weighted by molar-refractivity contribution is 0.0696. The quantitative estimate of drug-likeness (QED) is 0.899. The van der Waals surface area contributed by atoms with Crippen LogP contribution in [0.2, 0.25) is 15.1 Å². The Hall–Kier alpha value is -1.36. The van der Waals surface area contributed by atoms with E-state index in [1.165, 1.54) is 18.2 Å². The number of halogens is 3. The molecular weight excluding hydrogens is 314 g/mol. The molecule has 0 saturated carbocycles. The van der Waals surface area contributed by atoms with E-state index < -0.39 is 5.97 Å². The van der Waals surface area contributed by atoms with Crippen molar-refractivity contribution in [1.29, 1.82) is 0 Å². The highest BCUT2D eigenvalue weighted by atomic mass is 35.5. The number of hydrogen-bond acceptors (Lipinski definition) is 3. The highest BCUT2D eigenvalue weighted by Gasteiger charge is 2.12. The van der Waals surface area contributed by atoms with Crippen molar-refractivity contribution in [3.05, 3.63) is 50.9 Å². The van der Waals surface area contributed by atoms with Crippen LogP contribution < -0.4 is 4.74 Å². The van der Waals surface area contributed by atoms with E-state index in [1.807, 2.05) is 0 Å². The number of benzene rings is 1. The highest BCUT2D eigenvalue weighted by molar-refractivity contribution is 6.40. The number of hydrogen-bond donors (Lipinski definition) is 1. The molecule has 1 aromatic heterocycles. The van der Waals surface area contributed by atoms with Crippen LogP contribution in [-0.2, 0) is 6.61 Å². The highest BCUT2D eigenvalue weighted by Crippen LogP contribution is 2.36. The third kappa shape index (κ3) is 3.35. The SMILES string of the molecule is O=C(O)c1coc(COc2c(Cl)cc(Cl)cc2Cl)c1. The summed E-state index contributed by atoms with van der Waals surface area (Å²) in [5.41, 5.74) is 0.0481. The molecule has 19 heavy (non-hydrogen) atoms. The summed E-state index contributed by atoms with van der Waals surface area (Å²) in [6, 6.07) is 4.35. The van der Waals surface area contributed by atoms with Gasteiger partial charge in [0.1, 0.15) is 18.6 Å². The fourth-order valence-electron chi connectivity index (χ4n) is 1.38. The molecule has 100 valence electrons. The molecule has 0 saturated heterocycles.